The molecule has 7 nitrogen and oxygen atoms in total. The molecule has 1 unspecified atom stereocenters. The van der Waals surface area contributed by atoms with E-state index < -0.39 is 6.04 Å². The van der Waals surface area contributed by atoms with Gasteiger partial charge in [0.25, 0.3) is 5.91 Å². The quantitative estimate of drug-likeness (QED) is 0.819. The third-order valence-electron chi connectivity index (χ3n) is 3.26. The van der Waals surface area contributed by atoms with Crippen molar-refractivity contribution < 1.29 is 14.3 Å². The van der Waals surface area contributed by atoms with Crippen molar-refractivity contribution in [2.75, 3.05) is 30.4 Å². The molecule has 1 atom stereocenters. The molecule has 116 valence electrons. The molecule has 1 saturated heterocycles. The van der Waals surface area contributed by atoms with Crippen LogP contribution in [-0.2, 0) is 16.1 Å². The van der Waals surface area contributed by atoms with Crippen LogP contribution in [0.1, 0.15) is 24.3 Å². The number of rotatable bonds is 4. The number of carbonyl (C=O) groups is 2. The summed E-state index contributed by atoms with van der Waals surface area (Å²) in [4.78, 5) is 26.1. The smallest absolute Gasteiger partial charge is 0.329 e. The lowest BCUT2D eigenvalue weighted by atomic mass is 10.2. The van der Waals surface area contributed by atoms with E-state index in [1.54, 1.807) is 29.6 Å². The van der Waals surface area contributed by atoms with Crippen LogP contribution in [0.15, 0.2) is 6.20 Å². The van der Waals surface area contributed by atoms with Gasteiger partial charge >= 0.3 is 5.97 Å². The zero-order chi connectivity index (χ0) is 15.4. The second-order valence-corrected chi connectivity index (χ2v) is 5.78. The van der Waals surface area contributed by atoms with E-state index in [1.165, 1.54) is 4.90 Å². The van der Waals surface area contributed by atoms with Gasteiger partial charge < -0.3 is 15.4 Å². The van der Waals surface area contributed by atoms with Crippen molar-refractivity contribution in [1.82, 2.24) is 14.7 Å². The summed E-state index contributed by atoms with van der Waals surface area (Å²) in [5.41, 5.74) is 6.39. The number of esters is 1. The van der Waals surface area contributed by atoms with Crippen molar-refractivity contribution in [2.24, 2.45) is 0 Å². The fraction of sp³-hybridized carbons (Fsp3) is 0.615. The van der Waals surface area contributed by atoms with Gasteiger partial charge in [-0.2, -0.15) is 16.9 Å². The van der Waals surface area contributed by atoms with Gasteiger partial charge in [-0.15, -0.1) is 0 Å². The molecule has 21 heavy (non-hydrogen) atoms. The second kappa shape index (κ2) is 6.84. The summed E-state index contributed by atoms with van der Waals surface area (Å²) >= 11 is 1.64. The highest BCUT2D eigenvalue weighted by Gasteiger charge is 2.35. The Bertz CT molecular complexity index is 531. The normalized spacial score (nSPS) is 18.6. The lowest BCUT2D eigenvalue weighted by molar-refractivity contribution is -0.147. The first kappa shape index (κ1) is 15.7. The molecular weight excluding hydrogens is 292 g/mol. The van der Waals surface area contributed by atoms with Crippen LogP contribution in [-0.4, -0.2) is 57.3 Å². The SMILES string of the molecule is CCOC(=O)C1CSCCN1C(=O)c1nn(CC)cc1N. The summed E-state index contributed by atoms with van der Waals surface area (Å²) in [5, 5.41) is 4.18. The molecule has 2 heterocycles. The van der Waals surface area contributed by atoms with E-state index in [4.69, 9.17) is 10.5 Å². The van der Waals surface area contributed by atoms with Crippen LogP contribution < -0.4 is 5.73 Å². The largest absolute Gasteiger partial charge is 0.464 e. The van der Waals surface area contributed by atoms with Crippen molar-refractivity contribution in [3.8, 4) is 0 Å². The molecule has 1 aliphatic rings. The molecule has 1 amide bonds. The number of anilines is 1. The van der Waals surface area contributed by atoms with E-state index in [-0.39, 0.29) is 17.6 Å². The Morgan fingerprint density at radius 3 is 2.90 bits per heavy atom. The maximum absolute atomic E-state index is 12.6. The average Bonchev–Trinajstić information content (AvgIpc) is 2.88. The first-order valence-corrected chi connectivity index (χ1v) is 8.12. The highest BCUT2D eigenvalue weighted by molar-refractivity contribution is 7.99. The van der Waals surface area contributed by atoms with Gasteiger partial charge in [0.2, 0.25) is 0 Å². The van der Waals surface area contributed by atoms with Gasteiger partial charge in [0, 0.05) is 30.8 Å². The molecule has 0 radical (unpaired) electrons. The number of amides is 1. The number of aromatic nitrogens is 2. The number of hydrogen-bond acceptors (Lipinski definition) is 6. The van der Waals surface area contributed by atoms with Gasteiger partial charge in [0.05, 0.1) is 12.3 Å². The lowest BCUT2D eigenvalue weighted by Gasteiger charge is -2.33. The van der Waals surface area contributed by atoms with Gasteiger partial charge in [0.1, 0.15) is 6.04 Å². The molecule has 1 aliphatic heterocycles. The summed E-state index contributed by atoms with van der Waals surface area (Å²) in [6, 6.07) is -0.567. The van der Waals surface area contributed by atoms with Crippen LogP contribution in [0.3, 0.4) is 0 Å². The summed E-state index contributed by atoms with van der Waals surface area (Å²) in [6.07, 6.45) is 1.63. The molecule has 1 fully saturated rings. The monoisotopic (exact) mass is 312 g/mol. The highest BCUT2D eigenvalue weighted by Crippen LogP contribution is 2.21. The third-order valence-corrected chi connectivity index (χ3v) is 4.29. The minimum atomic E-state index is -0.567. The average molecular weight is 312 g/mol. The molecule has 2 N–H and O–H groups in total. The van der Waals surface area contributed by atoms with Crippen LogP contribution >= 0.6 is 11.8 Å². The summed E-state index contributed by atoms with van der Waals surface area (Å²) in [5.74, 6) is 0.652. The van der Waals surface area contributed by atoms with E-state index in [0.29, 0.717) is 31.1 Å². The van der Waals surface area contributed by atoms with E-state index in [9.17, 15) is 9.59 Å². The Morgan fingerprint density at radius 2 is 2.29 bits per heavy atom. The molecule has 1 aromatic rings. The number of nitrogens with zero attached hydrogens (tertiary/aromatic N) is 3. The highest BCUT2D eigenvalue weighted by atomic mass is 32.2. The van der Waals surface area contributed by atoms with Gasteiger partial charge in [-0.05, 0) is 13.8 Å². The van der Waals surface area contributed by atoms with E-state index >= 15 is 0 Å². The molecule has 0 saturated carbocycles. The third kappa shape index (κ3) is 3.31. The Balaban J connectivity index is 2.21. The Kier molecular flexibility index (Phi) is 5.11. The molecule has 8 heteroatoms. The molecule has 0 aliphatic carbocycles. The van der Waals surface area contributed by atoms with Gasteiger partial charge in [-0.1, -0.05) is 0 Å². The maximum atomic E-state index is 12.6. The van der Waals surface area contributed by atoms with Crippen LogP contribution in [0.5, 0.6) is 0 Å². The fourth-order valence-corrected chi connectivity index (χ4v) is 3.21. The standard InChI is InChI=1S/C13H20N4O3S/c1-3-16-7-9(14)11(15-16)12(18)17-5-6-21-8-10(17)13(19)20-4-2/h7,10H,3-6,8,14H2,1-2H3. The van der Waals surface area contributed by atoms with Crippen molar-refractivity contribution in [1.29, 1.82) is 0 Å². The first-order chi connectivity index (χ1) is 10.1. The molecule has 0 bridgehead atoms. The Morgan fingerprint density at radius 1 is 1.52 bits per heavy atom. The van der Waals surface area contributed by atoms with Gasteiger partial charge in [0.15, 0.2) is 5.69 Å². The zero-order valence-electron chi connectivity index (χ0n) is 12.2. The summed E-state index contributed by atoms with van der Waals surface area (Å²) < 4.78 is 6.66. The number of aryl methyl sites for hydroxylation is 1. The van der Waals surface area contributed by atoms with Crippen LogP contribution in [0.25, 0.3) is 0 Å². The molecule has 2 rings (SSSR count). The van der Waals surface area contributed by atoms with Crippen LogP contribution in [0.4, 0.5) is 5.69 Å². The molecule has 1 aromatic heterocycles. The van der Waals surface area contributed by atoms with Gasteiger partial charge in [-0.3, -0.25) is 9.48 Å². The topological polar surface area (TPSA) is 90.5 Å². The summed E-state index contributed by atoms with van der Waals surface area (Å²) in [6.45, 7) is 5.09. The number of hydrogen-bond donors (Lipinski definition) is 1. The molecular formula is C13H20N4O3S. The van der Waals surface area contributed by atoms with Crippen molar-refractivity contribution in [3.63, 3.8) is 0 Å². The van der Waals surface area contributed by atoms with Crippen molar-refractivity contribution in [2.45, 2.75) is 26.4 Å². The predicted molar refractivity (Wildman–Crippen MR) is 81.1 cm³/mol. The second-order valence-electron chi connectivity index (χ2n) is 4.63. The van der Waals surface area contributed by atoms with Crippen LogP contribution in [0, 0.1) is 0 Å². The number of thioether (sulfide) groups is 1. The maximum Gasteiger partial charge on any atom is 0.329 e. The molecule has 0 spiro atoms. The van der Waals surface area contributed by atoms with E-state index in [0.717, 1.165) is 5.75 Å². The van der Waals surface area contributed by atoms with E-state index in [2.05, 4.69) is 5.10 Å². The first-order valence-electron chi connectivity index (χ1n) is 6.96. The number of carbonyl (C=O) groups excluding carboxylic acids is 2. The number of nitrogen functional groups attached to an aromatic ring is 1. The lowest BCUT2D eigenvalue weighted by Crippen LogP contribution is -2.51. The van der Waals surface area contributed by atoms with Crippen molar-refractivity contribution >= 4 is 29.3 Å². The number of ether oxygens (including phenoxy) is 1. The minimum Gasteiger partial charge on any atom is -0.464 e. The zero-order valence-corrected chi connectivity index (χ0v) is 13.1. The van der Waals surface area contributed by atoms with Crippen LogP contribution in [0.2, 0.25) is 0 Å². The van der Waals surface area contributed by atoms with Gasteiger partial charge in [-0.25, -0.2) is 4.79 Å². The predicted octanol–water partition coefficient (Wildman–Crippen LogP) is 0.606. The van der Waals surface area contributed by atoms with E-state index in [1.807, 2.05) is 6.92 Å². The minimum absolute atomic E-state index is 0.207. The van der Waals surface area contributed by atoms with Crippen molar-refractivity contribution in [3.05, 3.63) is 11.9 Å². The molecule has 0 aromatic carbocycles. The fourth-order valence-electron chi connectivity index (χ4n) is 2.18. The Labute approximate surface area is 127 Å². The summed E-state index contributed by atoms with van der Waals surface area (Å²) in [7, 11) is 0. The Hall–Kier alpha value is -1.70. The number of nitrogens with two attached hydrogens (primary N) is 1.